The van der Waals surface area contributed by atoms with Gasteiger partial charge >= 0.3 is 0 Å². The van der Waals surface area contributed by atoms with E-state index in [0.717, 1.165) is 11.1 Å². The second-order valence-corrected chi connectivity index (χ2v) is 4.24. The number of carbonyl (C=O) groups is 1. The van der Waals surface area contributed by atoms with Crippen LogP contribution in [0.5, 0.6) is 0 Å². The number of hydrogen-bond acceptors (Lipinski definition) is 4. The van der Waals surface area contributed by atoms with Crippen LogP contribution < -0.4 is 5.32 Å². The molecule has 0 bridgehead atoms. The molecule has 0 aliphatic heterocycles. The molecule has 0 aromatic carbocycles. The van der Waals surface area contributed by atoms with Crippen molar-refractivity contribution in [2.75, 3.05) is 6.54 Å². The summed E-state index contributed by atoms with van der Waals surface area (Å²) in [5, 5.41) is 7.00. The van der Waals surface area contributed by atoms with Gasteiger partial charge in [0.1, 0.15) is 0 Å². The van der Waals surface area contributed by atoms with Crippen molar-refractivity contribution in [3.05, 3.63) is 55.1 Å². The van der Waals surface area contributed by atoms with Gasteiger partial charge in [0.2, 0.25) is 0 Å². The number of rotatable bonds is 5. The molecule has 1 N–H and O–H groups in total. The fraction of sp³-hybridized carbons (Fsp3) is 0.143. The largest absolute Gasteiger partial charge is 0.472 e. The number of nitrogens with one attached hydrogen (secondary N) is 1. The molecular weight excluding hydrogens is 258 g/mol. The van der Waals surface area contributed by atoms with Gasteiger partial charge in [0.05, 0.1) is 31.5 Å². The van der Waals surface area contributed by atoms with Gasteiger partial charge in [0.25, 0.3) is 5.91 Å². The van der Waals surface area contributed by atoms with Crippen molar-refractivity contribution in [2.45, 2.75) is 6.54 Å². The molecule has 6 heteroatoms. The predicted octanol–water partition coefficient (Wildman–Crippen LogP) is 2.17. The van der Waals surface area contributed by atoms with Crippen LogP contribution in [0.3, 0.4) is 0 Å². The summed E-state index contributed by atoms with van der Waals surface area (Å²) in [6.45, 7) is 1.07. The number of aromatic nitrogens is 2. The molecule has 1 amide bonds. The number of furan rings is 2. The van der Waals surface area contributed by atoms with E-state index in [1.54, 1.807) is 35.5 Å². The smallest absolute Gasteiger partial charge is 0.287 e. The monoisotopic (exact) mass is 271 g/mol. The highest BCUT2D eigenvalue weighted by Gasteiger charge is 2.07. The Bertz CT molecular complexity index is 668. The van der Waals surface area contributed by atoms with Gasteiger partial charge in [-0.25, -0.2) is 0 Å². The van der Waals surface area contributed by atoms with Gasteiger partial charge in [0, 0.05) is 23.9 Å². The highest BCUT2D eigenvalue weighted by Crippen LogP contribution is 2.18. The third kappa shape index (κ3) is 2.64. The van der Waals surface area contributed by atoms with Crippen molar-refractivity contribution in [2.24, 2.45) is 0 Å². The summed E-state index contributed by atoms with van der Waals surface area (Å²) in [5.74, 6) is 0.0850. The molecular formula is C14H13N3O3. The highest BCUT2D eigenvalue weighted by molar-refractivity contribution is 5.91. The van der Waals surface area contributed by atoms with E-state index >= 15 is 0 Å². The zero-order valence-electron chi connectivity index (χ0n) is 10.7. The zero-order chi connectivity index (χ0) is 13.8. The Hall–Kier alpha value is -2.76. The average molecular weight is 271 g/mol. The summed E-state index contributed by atoms with van der Waals surface area (Å²) in [6.07, 6.45) is 8.43. The van der Waals surface area contributed by atoms with E-state index < -0.39 is 0 Å². The molecule has 20 heavy (non-hydrogen) atoms. The second kappa shape index (κ2) is 5.48. The first-order chi connectivity index (χ1) is 9.83. The average Bonchev–Trinajstić information content (AvgIpc) is 3.20. The number of amides is 1. The van der Waals surface area contributed by atoms with Crippen molar-refractivity contribution < 1.29 is 13.6 Å². The summed E-state index contributed by atoms with van der Waals surface area (Å²) < 4.78 is 11.8. The Balaban J connectivity index is 1.53. The molecule has 102 valence electrons. The van der Waals surface area contributed by atoms with Crippen molar-refractivity contribution in [3.8, 4) is 11.1 Å². The first kappa shape index (κ1) is 12.3. The third-order valence-corrected chi connectivity index (χ3v) is 2.86. The Morgan fingerprint density at radius 1 is 1.30 bits per heavy atom. The Morgan fingerprint density at radius 2 is 2.25 bits per heavy atom. The molecule has 6 nitrogen and oxygen atoms in total. The molecule has 0 saturated heterocycles. The molecule has 0 spiro atoms. The van der Waals surface area contributed by atoms with Gasteiger partial charge in [0.15, 0.2) is 5.76 Å². The maximum Gasteiger partial charge on any atom is 0.287 e. The van der Waals surface area contributed by atoms with Crippen LogP contribution in [0, 0.1) is 0 Å². The van der Waals surface area contributed by atoms with Gasteiger partial charge in [-0.2, -0.15) is 5.10 Å². The molecule has 3 rings (SSSR count). The first-order valence-corrected chi connectivity index (χ1v) is 6.19. The van der Waals surface area contributed by atoms with Gasteiger partial charge < -0.3 is 14.2 Å². The molecule has 3 aromatic heterocycles. The van der Waals surface area contributed by atoms with Crippen molar-refractivity contribution in [1.82, 2.24) is 15.1 Å². The van der Waals surface area contributed by atoms with E-state index in [4.69, 9.17) is 8.83 Å². The first-order valence-electron chi connectivity index (χ1n) is 6.19. The minimum Gasteiger partial charge on any atom is -0.472 e. The molecule has 0 radical (unpaired) electrons. The van der Waals surface area contributed by atoms with E-state index in [2.05, 4.69) is 10.4 Å². The number of carbonyl (C=O) groups excluding carboxylic acids is 1. The van der Waals surface area contributed by atoms with E-state index in [1.807, 2.05) is 12.3 Å². The van der Waals surface area contributed by atoms with Crippen molar-refractivity contribution >= 4 is 5.91 Å². The Kier molecular flexibility index (Phi) is 3.36. The van der Waals surface area contributed by atoms with Gasteiger partial charge in [-0.05, 0) is 18.2 Å². The van der Waals surface area contributed by atoms with Crippen LogP contribution in [0.1, 0.15) is 10.6 Å². The standard InChI is InChI=1S/C14H13N3O3/c18-14(13-2-1-6-20-13)15-4-5-17-9-12(8-16-17)11-3-7-19-10-11/h1-3,6-10H,4-5H2,(H,15,18). The van der Waals surface area contributed by atoms with E-state index in [1.165, 1.54) is 6.26 Å². The van der Waals surface area contributed by atoms with Crippen molar-refractivity contribution in [1.29, 1.82) is 0 Å². The summed E-state index contributed by atoms with van der Waals surface area (Å²) >= 11 is 0. The lowest BCUT2D eigenvalue weighted by Gasteiger charge is -2.03. The van der Waals surface area contributed by atoms with E-state index in [0.29, 0.717) is 18.8 Å². The molecule has 0 unspecified atom stereocenters. The lowest BCUT2D eigenvalue weighted by molar-refractivity contribution is 0.0924. The van der Waals surface area contributed by atoms with E-state index in [9.17, 15) is 4.79 Å². The SMILES string of the molecule is O=C(NCCn1cc(-c2ccoc2)cn1)c1ccco1. The molecule has 3 heterocycles. The van der Waals surface area contributed by atoms with Crippen LogP contribution in [0.25, 0.3) is 11.1 Å². The van der Waals surface area contributed by atoms with Gasteiger partial charge in [-0.15, -0.1) is 0 Å². The summed E-state index contributed by atoms with van der Waals surface area (Å²) in [5.41, 5.74) is 1.96. The predicted molar refractivity (Wildman–Crippen MR) is 71.0 cm³/mol. The molecule has 0 aliphatic rings. The Morgan fingerprint density at radius 3 is 3.00 bits per heavy atom. The molecule has 0 fully saturated rings. The summed E-state index contributed by atoms with van der Waals surface area (Å²) in [4.78, 5) is 11.6. The lowest BCUT2D eigenvalue weighted by atomic mass is 10.2. The third-order valence-electron chi connectivity index (χ3n) is 2.86. The number of nitrogens with zero attached hydrogens (tertiary/aromatic N) is 2. The number of hydrogen-bond donors (Lipinski definition) is 1. The Labute approximate surface area is 115 Å². The maximum atomic E-state index is 11.6. The highest BCUT2D eigenvalue weighted by atomic mass is 16.3. The maximum absolute atomic E-state index is 11.6. The van der Waals surface area contributed by atoms with Crippen LogP contribution in [0.2, 0.25) is 0 Å². The summed E-state index contributed by atoms with van der Waals surface area (Å²) in [6, 6.07) is 5.18. The van der Waals surface area contributed by atoms with Gasteiger partial charge in [-0.1, -0.05) is 0 Å². The van der Waals surface area contributed by atoms with Crippen LogP contribution in [0.4, 0.5) is 0 Å². The quantitative estimate of drug-likeness (QED) is 0.771. The lowest BCUT2D eigenvalue weighted by Crippen LogP contribution is -2.26. The fourth-order valence-electron chi connectivity index (χ4n) is 1.84. The topological polar surface area (TPSA) is 73.2 Å². The van der Waals surface area contributed by atoms with Crippen LogP contribution in [-0.2, 0) is 6.54 Å². The fourth-order valence-corrected chi connectivity index (χ4v) is 1.84. The zero-order valence-corrected chi connectivity index (χ0v) is 10.7. The minimum absolute atomic E-state index is 0.225. The normalized spacial score (nSPS) is 10.6. The van der Waals surface area contributed by atoms with Crippen molar-refractivity contribution in [3.63, 3.8) is 0 Å². The second-order valence-electron chi connectivity index (χ2n) is 4.24. The molecule has 0 aliphatic carbocycles. The van der Waals surface area contributed by atoms with Crippen LogP contribution >= 0.6 is 0 Å². The molecule has 0 saturated carbocycles. The minimum atomic E-state index is -0.225. The molecule has 0 atom stereocenters. The van der Waals surface area contributed by atoms with Gasteiger partial charge in [-0.3, -0.25) is 9.48 Å². The summed E-state index contributed by atoms with van der Waals surface area (Å²) in [7, 11) is 0. The van der Waals surface area contributed by atoms with E-state index in [-0.39, 0.29) is 5.91 Å². The van der Waals surface area contributed by atoms with Crippen LogP contribution in [0.15, 0.2) is 58.2 Å². The van der Waals surface area contributed by atoms with Crippen LogP contribution in [-0.4, -0.2) is 22.2 Å². The molecule has 3 aromatic rings.